The van der Waals surface area contributed by atoms with Gasteiger partial charge in [0, 0.05) is 29.0 Å². The van der Waals surface area contributed by atoms with Crippen LogP contribution in [-0.2, 0) is 10.8 Å². The molecule has 3 unspecified atom stereocenters. The van der Waals surface area contributed by atoms with Crippen molar-refractivity contribution < 1.29 is 0 Å². The zero-order valence-corrected chi connectivity index (χ0v) is 29.1. The van der Waals surface area contributed by atoms with Gasteiger partial charge in [-0.2, -0.15) is 0 Å². The van der Waals surface area contributed by atoms with Crippen molar-refractivity contribution in [3.8, 4) is 11.1 Å². The van der Waals surface area contributed by atoms with Crippen LogP contribution in [0.5, 0.6) is 0 Å². The molecule has 9 rings (SSSR count). The van der Waals surface area contributed by atoms with Crippen LogP contribution in [0.1, 0.15) is 85.4 Å². The van der Waals surface area contributed by atoms with Crippen molar-refractivity contribution in [2.45, 2.75) is 57.3 Å². The van der Waals surface area contributed by atoms with Crippen molar-refractivity contribution in [3.63, 3.8) is 0 Å². The third-order valence-corrected chi connectivity index (χ3v) is 11.7. The minimum absolute atomic E-state index is 0.0317. The summed E-state index contributed by atoms with van der Waals surface area (Å²) >= 11 is 0. The normalized spacial score (nSPS) is 24.2. The molecule has 0 amide bonds. The number of benzene rings is 4. The maximum Gasteiger partial charge on any atom is 0.131 e. The molecular weight excluding hydrogens is 597 g/mol. The van der Waals surface area contributed by atoms with Crippen molar-refractivity contribution >= 4 is 17.1 Å². The Labute approximate surface area is 290 Å². The molecule has 2 heterocycles. The lowest BCUT2D eigenvalue weighted by molar-refractivity contribution is 0.149. The molecule has 0 saturated carbocycles. The summed E-state index contributed by atoms with van der Waals surface area (Å²) in [6.45, 7) is 10.3. The van der Waals surface area contributed by atoms with Crippen LogP contribution >= 0.6 is 0 Å². The Hall–Kier alpha value is -4.93. The van der Waals surface area contributed by atoms with E-state index in [1.807, 2.05) is 0 Å². The molecular formula is C45H44N4. The molecule has 0 aromatic heterocycles. The van der Waals surface area contributed by atoms with Gasteiger partial charge < -0.3 is 10.6 Å². The van der Waals surface area contributed by atoms with Crippen LogP contribution in [0.25, 0.3) is 22.4 Å². The lowest BCUT2D eigenvalue weighted by Gasteiger charge is -2.41. The van der Waals surface area contributed by atoms with Crippen LogP contribution in [0.2, 0.25) is 0 Å². The smallest absolute Gasteiger partial charge is 0.131 e. The number of rotatable bonds is 4. The number of dihydropyridines is 1. The fourth-order valence-electron chi connectivity index (χ4n) is 8.97. The van der Waals surface area contributed by atoms with Crippen LogP contribution < -0.4 is 10.6 Å². The molecule has 0 spiro atoms. The molecule has 4 aromatic rings. The first kappa shape index (κ1) is 30.2. The maximum absolute atomic E-state index is 5.59. The zero-order chi connectivity index (χ0) is 33.5. The zero-order valence-electron chi connectivity index (χ0n) is 29.1. The molecule has 4 nitrogen and oxygen atoms in total. The highest BCUT2D eigenvalue weighted by Crippen LogP contribution is 2.53. The standard InChI is InChI=1S/C45H44N4/c1-44(2)36-14-8-6-12-32(36)34-23-21-30(26-38(34)44)41-47-42(29-19-17-28(18-20-29)40-16-10-11-25-46-40)49(5)43(48-41)31-22-24-35-33-13-7-9-15-37(33)45(3,4)39(35)27-31/h6-20,22-24,26-27,30,42-43,46H,21,25H2,1-5H3,(H,47,48). The van der Waals surface area contributed by atoms with Crippen LogP contribution in [0.3, 0.4) is 0 Å². The Morgan fingerprint density at radius 2 is 1.45 bits per heavy atom. The molecule has 0 saturated heterocycles. The van der Waals surface area contributed by atoms with Crippen molar-refractivity contribution in [1.29, 1.82) is 0 Å². The summed E-state index contributed by atoms with van der Waals surface area (Å²) in [7, 11) is 2.22. The third-order valence-electron chi connectivity index (χ3n) is 11.7. The van der Waals surface area contributed by atoms with Gasteiger partial charge in [0.25, 0.3) is 0 Å². The number of hydrogen-bond donors (Lipinski definition) is 2. The summed E-state index contributed by atoms with van der Waals surface area (Å²) in [5.41, 5.74) is 15.8. The summed E-state index contributed by atoms with van der Waals surface area (Å²) in [6, 6.07) is 33.9. The number of allylic oxidation sites excluding steroid dienone is 5. The monoisotopic (exact) mass is 640 g/mol. The first-order valence-corrected chi connectivity index (χ1v) is 17.8. The molecule has 0 fully saturated rings. The van der Waals surface area contributed by atoms with Crippen LogP contribution in [0.15, 0.2) is 132 Å². The van der Waals surface area contributed by atoms with Gasteiger partial charge in [-0.3, -0.25) is 4.90 Å². The molecule has 0 bridgehead atoms. The van der Waals surface area contributed by atoms with Gasteiger partial charge in [0.2, 0.25) is 0 Å². The van der Waals surface area contributed by atoms with E-state index in [1.165, 1.54) is 61.2 Å². The number of nitrogens with one attached hydrogen (secondary N) is 2. The van der Waals surface area contributed by atoms with Gasteiger partial charge >= 0.3 is 0 Å². The van der Waals surface area contributed by atoms with Gasteiger partial charge in [-0.15, -0.1) is 0 Å². The highest BCUT2D eigenvalue weighted by atomic mass is 15.4. The van der Waals surface area contributed by atoms with Crippen molar-refractivity contribution in [1.82, 2.24) is 15.5 Å². The summed E-state index contributed by atoms with van der Waals surface area (Å²) in [5, 5.41) is 7.46. The van der Waals surface area contributed by atoms with E-state index in [0.717, 1.165) is 24.5 Å². The fraction of sp³-hybridized carbons (Fsp3) is 0.267. The van der Waals surface area contributed by atoms with Crippen LogP contribution in [-0.4, -0.2) is 24.3 Å². The van der Waals surface area contributed by atoms with Gasteiger partial charge in [-0.05, 0) is 80.8 Å². The number of hydrogen-bond acceptors (Lipinski definition) is 4. The second-order valence-electron chi connectivity index (χ2n) is 15.3. The molecule has 4 aromatic carbocycles. The lowest BCUT2D eigenvalue weighted by Crippen LogP contribution is -2.48. The van der Waals surface area contributed by atoms with Crippen LogP contribution in [0, 0.1) is 5.92 Å². The summed E-state index contributed by atoms with van der Waals surface area (Å²) < 4.78 is 0. The van der Waals surface area contributed by atoms with E-state index >= 15 is 0 Å². The van der Waals surface area contributed by atoms with E-state index in [9.17, 15) is 0 Å². The van der Waals surface area contributed by atoms with E-state index in [-0.39, 0.29) is 29.1 Å². The quantitative estimate of drug-likeness (QED) is 0.234. The molecule has 0 radical (unpaired) electrons. The van der Waals surface area contributed by atoms with E-state index in [0.29, 0.717) is 0 Å². The molecule has 3 atom stereocenters. The molecule has 5 aliphatic rings. The predicted octanol–water partition coefficient (Wildman–Crippen LogP) is 9.45. The topological polar surface area (TPSA) is 39.7 Å². The van der Waals surface area contributed by atoms with Crippen molar-refractivity contribution in [2.75, 3.05) is 13.6 Å². The van der Waals surface area contributed by atoms with E-state index in [1.54, 1.807) is 0 Å². The van der Waals surface area contributed by atoms with Gasteiger partial charge in [0.15, 0.2) is 0 Å². The molecule has 2 aliphatic heterocycles. The highest BCUT2D eigenvalue weighted by molar-refractivity contribution is 5.95. The Bertz CT molecular complexity index is 2160. The third kappa shape index (κ3) is 4.64. The van der Waals surface area contributed by atoms with E-state index < -0.39 is 0 Å². The Balaban J connectivity index is 1.12. The number of nitrogens with zero attached hydrogens (tertiary/aromatic N) is 2. The fourth-order valence-corrected chi connectivity index (χ4v) is 8.97. The number of aliphatic imine (C=N–C) groups is 1. The second kappa shape index (κ2) is 11.0. The molecule has 2 N–H and O–H groups in total. The van der Waals surface area contributed by atoms with Crippen molar-refractivity contribution in [3.05, 3.63) is 166 Å². The first-order chi connectivity index (χ1) is 23.7. The molecule has 244 valence electrons. The van der Waals surface area contributed by atoms with Crippen molar-refractivity contribution in [2.24, 2.45) is 10.9 Å². The molecule has 49 heavy (non-hydrogen) atoms. The lowest BCUT2D eigenvalue weighted by atomic mass is 9.78. The van der Waals surface area contributed by atoms with Gasteiger partial charge in [0.1, 0.15) is 18.2 Å². The van der Waals surface area contributed by atoms with Gasteiger partial charge in [-0.1, -0.05) is 143 Å². The summed E-state index contributed by atoms with van der Waals surface area (Å²) in [6.07, 6.45) is 12.2. The molecule has 4 heteroatoms. The summed E-state index contributed by atoms with van der Waals surface area (Å²) in [5.74, 6) is 1.24. The maximum atomic E-state index is 5.59. The van der Waals surface area contributed by atoms with Gasteiger partial charge in [0.05, 0.1) is 0 Å². The number of amidine groups is 1. The number of fused-ring (bicyclic) bond motifs is 6. The first-order valence-electron chi connectivity index (χ1n) is 17.8. The Morgan fingerprint density at radius 1 is 0.755 bits per heavy atom. The largest absolute Gasteiger partial charge is 0.381 e. The Morgan fingerprint density at radius 3 is 2.20 bits per heavy atom. The van der Waals surface area contributed by atoms with E-state index in [2.05, 4.69) is 172 Å². The average Bonchev–Trinajstić information content (AvgIpc) is 3.51. The SMILES string of the molecule is CN1C(c2ccc3c(c2)C(C)(C)c2ccccc2-3)N=C(C2C=C3C(=CC2)c2ccccc2C3(C)C)NC1c1ccc(C2=CC=CCN2)cc1. The minimum atomic E-state index is -0.129. The Kier molecular flexibility index (Phi) is 6.80. The average molecular weight is 641 g/mol. The predicted molar refractivity (Wildman–Crippen MR) is 203 cm³/mol. The van der Waals surface area contributed by atoms with E-state index in [4.69, 9.17) is 4.99 Å². The minimum Gasteiger partial charge on any atom is -0.381 e. The summed E-state index contributed by atoms with van der Waals surface area (Å²) in [4.78, 5) is 7.99. The van der Waals surface area contributed by atoms with Crippen LogP contribution in [0.4, 0.5) is 0 Å². The molecule has 3 aliphatic carbocycles. The van der Waals surface area contributed by atoms with Gasteiger partial charge in [-0.25, -0.2) is 4.99 Å². The second-order valence-corrected chi connectivity index (χ2v) is 15.3. The highest BCUT2D eigenvalue weighted by Gasteiger charge is 2.42.